The van der Waals surface area contributed by atoms with Crippen molar-refractivity contribution in [3.63, 3.8) is 0 Å². The average Bonchev–Trinajstić information content (AvgIpc) is 2.82. The smallest absolute Gasteiger partial charge is 0.326 e. The number of nitrogens with zero attached hydrogens (tertiary/aromatic N) is 1. The van der Waals surface area contributed by atoms with Crippen LogP contribution in [0.3, 0.4) is 0 Å². The molecular weight excluding hydrogens is 477 g/mol. The van der Waals surface area contributed by atoms with Gasteiger partial charge in [-0.3, -0.25) is 24.5 Å². The molecule has 0 heterocycles. The minimum atomic E-state index is -1.65. The number of nitrogens with one attached hydrogen (secondary N) is 2. The van der Waals surface area contributed by atoms with E-state index >= 15 is 0 Å². The molecule has 0 aliphatic heterocycles. The van der Waals surface area contributed by atoms with Crippen molar-refractivity contribution in [3.8, 4) is 0 Å². The SMILES string of the molecule is CCOC(=O)C[C@@H](c1ccc([N+](=O)[O-])cc1)[C@@H](NC(=O)[C@@H](Cc1ccc(F)cc1)NC(C)=O)C(=O)O. The minimum Gasteiger partial charge on any atom is -0.480 e. The Hall–Kier alpha value is -4.35. The molecular formula is C24H26FN3O8. The molecule has 0 radical (unpaired) electrons. The molecule has 0 unspecified atom stereocenters. The number of hydrogen-bond donors (Lipinski definition) is 3. The highest BCUT2D eigenvalue weighted by atomic mass is 19.1. The summed E-state index contributed by atoms with van der Waals surface area (Å²) in [4.78, 5) is 59.6. The Balaban J connectivity index is 2.37. The summed E-state index contributed by atoms with van der Waals surface area (Å²) in [6.07, 6.45) is -0.496. The molecule has 0 aliphatic rings. The number of nitro groups is 1. The number of nitro benzene ring substituents is 1. The van der Waals surface area contributed by atoms with Crippen molar-refractivity contribution in [1.29, 1.82) is 0 Å². The monoisotopic (exact) mass is 503 g/mol. The highest BCUT2D eigenvalue weighted by Gasteiger charge is 2.35. The van der Waals surface area contributed by atoms with Gasteiger partial charge in [0.05, 0.1) is 18.0 Å². The van der Waals surface area contributed by atoms with E-state index < -0.39 is 58.9 Å². The normalized spacial score (nSPS) is 13.1. The molecule has 2 aromatic carbocycles. The third kappa shape index (κ3) is 8.15. The summed E-state index contributed by atoms with van der Waals surface area (Å²) in [5, 5.41) is 25.7. The van der Waals surface area contributed by atoms with E-state index in [2.05, 4.69) is 10.6 Å². The van der Waals surface area contributed by atoms with E-state index in [9.17, 15) is 38.8 Å². The number of benzene rings is 2. The molecule has 192 valence electrons. The van der Waals surface area contributed by atoms with Crippen LogP contribution >= 0.6 is 0 Å². The fourth-order valence-electron chi connectivity index (χ4n) is 3.57. The van der Waals surface area contributed by atoms with Gasteiger partial charge in [-0.15, -0.1) is 0 Å². The van der Waals surface area contributed by atoms with Crippen molar-refractivity contribution in [2.75, 3.05) is 6.61 Å². The predicted molar refractivity (Wildman–Crippen MR) is 124 cm³/mol. The van der Waals surface area contributed by atoms with Gasteiger partial charge in [-0.1, -0.05) is 24.3 Å². The van der Waals surface area contributed by atoms with E-state index in [0.29, 0.717) is 5.56 Å². The summed E-state index contributed by atoms with van der Waals surface area (Å²) in [7, 11) is 0. The number of hydrogen-bond acceptors (Lipinski definition) is 7. The molecule has 0 fully saturated rings. The van der Waals surface area contributed by atoms with Crippen molar-refractivity contribution in [1.82, 2.24) is 10.6 Å². The minimum absolute atomic E-state index is 0.0399. The maximum atomic E-state index is 13.2. The topological polar surface area (TPSA) is 165 Å². The highest BCUT2D eigenvalue weighted by Crippen LogP contribution is 2.27. The van der Waals surface area contributed by atoms with E-state index in [4.69, 9.17) is 4.74 Å². The molecule has 12 heteroatoms. The zero-order valence-electron chi connectivity index (χ0n) is 19.6. The van der Waals surface area contributed by atoms with Crippen LogP contribution in [0, 0.1) is 15.9 Å². The summed E-state index contributed by atoms with van der Waals surface area (Å²) in [6.45, 7) is 2.79. The van der Waals surface area contributed by atoms with Gasteiger partial charge < -0.3 is 20.5 Å². The first kappa shape index (κ1) is 27.9. The van der Waals surface area contributed by atoms with E-state index in [1.165, 1.54) is 43.3 Å². The van der Waals surface area contributed by atoms with Gasteiger partial charge in [0, 0.05) is 31.4 Å². The van der Waals surface area contributed by atoms with Crippen molar-refractivity contribution < 1.29 is 38.3 Å². The third-order valence-corrected chi connectivity index (χ3v) is 5.24. The lowest BCUT2D eigenvalue weighted by Gasteiger charge is -2.27. The lowest BCUT2D eigenvalue weighted by molar-refractivity contribution is -0.384. The number of halogens is 1. The molecule has 2 rings (SSSR count). The Kier molecular flexibility index (Phi) is 10.0. The van der Waals surface area contributed by atoms with Crippen LogP contribution in [0.4, 0.5) is 10.1 Å². The second-order valence-electron chi connectivity index (χ2n) is 7.87. The van der Waals surface area contributed by atoms with Crippen LogP contribution in [0.1, 0.15) is 37.3 Å². The zero-order valence-corrected chi connectivity index (χ0v) is 19.6. The van der Waals surface area contributed by atoms with Gasteiger partial charge in [0.2, 0.25) is 11.8 Å². The molecule has 11 nitrogen and oxygen atoms in total. The van der Waals surface area contributed by atoms with E-state index in [-0.39, 0.29) is 24.3 Å². The number of aliphatic carboxylic acids is 1. The third-order valence-electron chi connectivity index (χ3n) is 5.24. The number of amides is 2. The highest BCUT2D eigenvalue weighted by molar-refractivity contribution is 5.91. The van der Waals surface area contributed by atoms with Crippen LogP contribution in [-0.2, 0) is 30.3 Å². The Morgan fingerprint density at radius 2 is 1.67 bits per heavy atom. The van der Waals surface area contributed by atoms with Gasteiger partial charge in [0.25, 0.3) is 5.69 Å². The Labute approximate surface area is 205 Å². The average molecular weight is 503 g/mol. The van der Waals surface area contributed by atoms with Gasteiger partial charge in [-0.2, -0.15) is 0 Å². The summed E-state index contributed by atoms with van der Waals surface area (Å²) >= 11 is 0. The van der Waals surface area contributed by atoms with E-state index in [0.717, 1.165) is 12.1 Å². The summed E-state index contributed by atoms with van der Waals surface area (Å²) in [5.41, 5.74) is 0.515. The maximum absolute atomic E-state index is 13.2. The second-order valence-corrected chi connectivity index (χ2v) is 7.87. The molecule has 3 N–H and O–H groups in total. The molecule has 2 amide bonds. The van der Waals surface area contributed by atoms with E-state index in [1.54, 1.807) is 6.92 Å². The van der Waals surface area contributed by atoms with Crippen LogP contribution in [0.2, 0.25) is 0 Å². The second kappa shape index (κ2) is 12.9. The molecule has 0 aliphatic carbocycles. The van der Waals surface area contributed by atoms with Crippen LogP contribution in [0.15, 0.2) is 48.5 Å². The summed E-state index contributed by atoms with van der Waals surface area (Å²) in [5.74, 6) is -5.24. The van der Waals surface area contributed by atoms with Gasteiger partial charge in [-0.05, 0) is 30.2 Å². The van der Waals surface area contributed by atoms with Crippen LogP contribution in [0.25, 0.3) is 0 Å². The van der Waals surface area contributed by atoms with Gasteiger partial charge in [-0.25, -0.2) is 9.18 Å². The number of carboxylic acids is 1. The first-order valence-electron chi connectivity index (χ1n) is 11.0. The molecule has 2 aromatic rings. The Bertz CT molecular complexity index is 1110. The Morgan fingerprint density at radius 3 is 2.17 bits per heavy atom. The zero-order chi connectivity index (χ0) is 26.8. The fourth-order valence-corrected chi connectivity index (χ4v) is 3.57. The first-order valence-corrected chi connectivity index (χ1v) is 11.0. The van der Waals surface area contributed by atoms with Crippen molar-refractivity contribution in [2.45, 2.75) is 44.7 Å². The number of carbonyl (C=O) groups is 4. The first-order chi connectivity index (χ1) is 17.0. The van der Waals surface area contributed by atoms with Crippen molar-refractivity contribution in [2.24, 2.45) is 0 Å². The number of rotatable bonds is 12. The molecule has 3 atom stereocenters. The maximum Gasteiger partial charge on any atom is 0.326 e. The number of ether oxygens (including phenoxy) is 1. The molecule has 0 spiro atoms. The van der Waals surface area contributed by atoms with Crippen molar-refractivity contribution >= 4 is 29.4 Å². The molecule has 0 bridgehead atoms. The standard InChI is InChI=1S/C24H26FN3O8/c1-3-36-21(30)13-19(16-6-10-18(11-7-16)28(34)35)22(24(32)33)27-23(31)20(26-14(2)29)12-15-4-8-17(25)9-5-15/h4-11,19-20,22H,3,12-13H2,1-2H3,(H,26,29)(H,27,31)(H,32,33)/t19-,20+,22+/m0/s1. The van der Waals surface area contributed by atoms with Gasteiger partial charge in [0.1, 0.15) is 17.9 Å². The lowest BCUT2D eigenvalue weighted by atomic mass is 9.88. The number of non-ortho nitro benzene ring substituents is 1. The lowest BCUT2D eigenvalue weighted by Crippen LogP contribution is -2.54. The van der Waals surface area contributed by atoms with Crippen LogP contribution in [0.5, 0.6) is 0 Å². The fraction of sp³-hybridized carbons (Fsp3) is 0.333. The van der Waals surface area contributed by atoms with Gasteiger partial charge in [0.15, 0.2) is 0 Å². The van der Waals surface area contributed by atoms with Gasteiger partial charge >= 0.3 is 11.9 Å². The largest absolute Gasteiger partial charge is 0.480 e. The number of carbonyl (C=O) groups excluding carboxylic acids is 3. The predicted octanol–water partition coefficient (Wildman–Crippen LogP) is 2.09. The number of esters is 1. The Morgan fingerprint density at radius 1 is 1.06 bits per heavy atom. The molecule has 0 saturated carbocycles. The molecule has 36 heavy (non-hydrogen) atoms. The van der Waals surface area contributed by atoms with Crippen LogP contribution < -0.4 is 10.6 Å². The molecule has 0 aromatic heterocycles. The van der Waals surface area contributed by atoms with E-state index in [1.807, 2.05) is 0 Å². The quantitative estimate of drug-likeness (QED) is 0.225. The van der Waals surface area contributed by atoms with Crippen molar-refractivity contribution in [3.05, 3.63) is 75.6 Å². The summed E-state index contributed by atoms with van der Waals surface area (Å²) < 4.78 is 18.2. The molecule has 0 saturated heterocycles. The summed E-state index contributed by atoms with van der Waals surface area (Å²) in [6, 6.07) is 7.28. The van der Waals surface area contributed by atoms with Crippen LogP contribution in [-0.4, -0.2) is 52.5 Å². The number of carboxylic acid groups (broad SMARTS) is 1.